The van der Waals surface area contributed by atoms with Crippen molar-refractivity contribution in [1.29, 1.82) is 0 Å². The Hall–Kier alpha value is -1.17. The maximum Gasteiger partial charge on any atom is 0.284 e. The van der Waals surface area contributed by atoms with Gasteiger partial charge in [-0.05, 0) is 38.0 Å². The quantitative estimate of drug-likeness (QED) is 0.873. The van der Waals surface area contributed by atoms with Crippen LogP contribution in [0.4, 0.5) is 14.5 Å². The molecular weight excluding hydrogens is 240 g/mol. The van der Waals surface area contributed by atoms with Crippen molar-refractivity contribution in [1.82, 2.24) is 9.78 Å². The van der Waals surface area contributed by atoms with Crippen LogP contribution >= 0.6 is 0 Å². The minimum Gasteiger partial charge on any atom is -0.396 e. The summed E-state index contributed by atoms with van der Waals surface area (Å²) in [6, 6.07) is 0.162. The highest BCUT2D eigenvalue weighted by Gasteiger charge is 2.25. The number of hydrogen-bond acceptors (Lipinski definition) is 3. The summed E-state index contributed by atoms with van der Waals surface area (Å²) in [6.45, 7) is 0.222. The van der Waals surface area contributed by atoms with Crippen molar-refractivity contribution in [2.75, 3.05) is 12.3 Å². The van der Waals surface area contributed by atoms with Crippen LogP contribution in [0.1, 0.15) is 50.3 Å². The Balaban J connectivity index is 1.99. The van der Waals surface area contributed by atoms with E-state index < -0.39 is 6.43 Å². The third kappa shape index (κ3) is 2.80. The number of aliphatic hydroxyl groups excluding tert-OH is 1. The molecule has 0 spiro atoms. The first-order valence-electron chi connectivity index (χ1n) is 6.35. The highest BCUT2D eigenvalue weighted by atomic mass is 19.3. The van der Waals surface area contributed by atoms with E-state index in [9.17, 15) is 8.78 Å². The summed E-state index contributed by atoms with van der Waals surface area (Å²) in [7, 11) is 0. The number of nitrogens with two attached hydrogens (primary N) is 1. The van der Waals surface area contributed by atoms with Gasteiger partial charge in [0.15, 0.2) is 5.69 Å². The molecule has 0 radical (unpaired) electrons. The molecule has 1 saturated carbocycles. The van der Waals surface area contributed by atoms with Gasteiger partial charge in [-0.25, -0.2) is 8.78 Å². The number of nitrogen functional groups attached to an aromatic ring is 1. The van der Waals surface area contributed by atoms with Crippen molar-refractivity contribution in [3.05, 3.63) is 11.9 Å². The van der Waals surface area contributed by atoms with Crippen molar-refractivity contribution in [3.8, 4) is 0 Å². The maximum atomic E-state index is 12.6. The van der Waals surface area contributed by atoms with Crippen LogP contribution in [0.2, 0.25) is 0 Å². The molecule has 102 valence electrons. The molecular formula is C12H19F2N3O. The second-order valence-electron chi connectivity index (χ2n) is 4.94. The number of anilines is 1. The summed E-state index contributed by atoms with van der Waals surface area (Å²) >= 11 is 0. The lowest BCUT2D eigenvalue weighted by Crippen LogP contribution is -2.19. The van der Waals surface area contributed by atoms with Crippen molar-refractivity contribution >= 4 is 5.69 Å². The van der Waals surface area contributed by atoms with Gasteiger partial charge in [-0.1, -0.05) is 0 Å². The van der Waals surface area contributed by atoms with Gasteiger partial charge in [-0.15, -0.1) is 0 Å². The normalized spacial score (nSPS) is 24.7. The van der Waals surface area contributed by atoms with E-state index in [1.165, 1.54) is 6.20 Å². The number of alkyl halides is 2. The lowest BCUT2D eigenvalue weighted by molar-refractivity contribution is 0.143. The Morgan fingerprint density at radius 1 is 1.39 bits per heavy atom. The van der Waals surface area contributed by atoms with Gasteiger partial charge in [0.1, 0.15) is 0 Å². The third-order valence-electron chi connectivity index (χ3n) is 3.72. The first-order chi connectivity index (χ1) is 8.61. The Morgan fingerprint density at radius 3 is 2.56 bits per heavy atom. The number of halogens is 2. The van der Waals surface area contributed by atoms with Gasteiger partial charge in [-0.2, -0.15) is 5.10 Å². The smallest absolute Gasteiger partial charge is 0.284 e. The molecule has 0 amide bonds. The fraction of sp³-hybridized carbons (Fsp3) is 0.750. The van der Waals surface area contributed by atoms with E-state index in [4.69, 9.17) is 10.8 Å². The molecule has 0 saturated heterocycles. The van der Waals surface area contributed by atoms with Gasteiger partial charge >= 0.3 is 0 Å². The van der Waals surface area contributed by atoms with Crippen molar-refractivity contribution < 1.29 is 13.9 Å². The molecule has 1 aliphatic carbocycles. The van der Waals surface area contributed by atoms with E-state index in [2.05, 4.69) is 5.10 Å². The number of hydrogen-bond donors (Lipinski definition) is 2. The Bertz CT molecular complexity index is 387. The average molecular weight is 259 g/mol. The zero-order valence-electron chi connectivity index (χ0n) is 10.2. The predicted octanol–water partition coefficient (Wildman–Crippen LogP) is 2.52. The zero-order chi connectivity index (χ0) is 13.1. The molecule has 3 N–H and O–H groups in total. The number of aliphatic hydroxyl groups is 1. The lowest BCUT2D eigenvalue weighted by Gasteiger charge is -2.28. The molecule has 0 atom stereocenters. The zero-order valence-corrected chi connectivity index (χ0v) is 10.2. The SMILES string of the molecule is Nc1cn([C@H]2CC[C@H](CCO)CC2)nc1C(F)F. The van der Waals surface area contributed by atoms with Gasteiger partial charge < -0.3 is 10.8 Å². The van der Waals surface area contributed by atoms with Gasteiger partial charge in [0.2, 0.25) is 0 Å². The fourth-order valence-corrected chi connectivity index (χ4v) is 2.66. The van der Waals surface area contributed by atoms with Crippen LogP contribution < -0.4 is 5.73 Å². The van der Waals surface area contributed by atoms with Gasteiger partial charge in [0.05, 0.1) is 11.7 Å². The Labute approximate surface area is 105 Å². The first kappa shape index (κ1) is 13.3. The molecule has 1 aromatic heterocycles. The third-order valence-corrected chi connectivity index (χ3v) is 3.72. The first-order valence-corrected chi connectivity index (χ1v) is 6.35. The average Bonchev–Trinajstić information content (AvgIpc) is 2.73. The minimum absolute atomic E-state index is 0.0717. The lowest BCUT2D eigenvalue weighted by atomic mass is 9.84. The summed E-state index contributed by atoms with van der Waals surface area (Å²) in [5.74, 6) is 0.550. The number of rotatable bonds is 4. The molecule has 1 aromatic rings. The van der Waals surface area contributed by atoms with Crippen LogP contribution in [0, 0.1) is 5.92 Å². The summed E-state index contributed by atoms with van der Waals surface area (Å²) in [6.07, 6.45) is 3.57. The highest BCUT2D eigenvalue weighted by molar-refractivity contribution is 5.41. The topological polar surface area (TPSA) is 64.1 Å². The second-order valence-corrected chi connectivity index (χ2v) is 4.94. The largest absolute Gasteiger partial charge is 0.396 e. The Morgan fingerprint density at radius 2 is 2.06 bits per heavy atom. The van der Waals surface area contributed by atoms with E-state index in [1.54, 1.807) is 4.68 Å². The molecule has 0 aliphatic heterocycles. The van der Waals surface area contributed by atoms with Gasteiger partial charge in [-0.3, -0.25) is 4.68 Å². The van der Waals surface area contributed by atoms with E-state index in [-0.39, 0.29) is 24.0 Å². The van der Waals surface area contributed by atoms with Crippen LogP contribution in [0.15, 0.2) is 6.20 Å². The molecule has 0 aromatic carbocycles. The summed E-state index contributed by atoms with van der Waals surface area (Å²) in [4.78, 5) is 0. The number of nitrogens with zero attached hydrogens (tertiary/aromatic N) is 2. The van der Waals surface area contributed by atoms with Gasteiger partial charge in [0.25, 0.3) is 6.43 Å². The minimum atomic E-state index is -2.61. The molecule has 0 bridgehead atoms. The predicted molar refractivity (Wildman–Crippen MR) is 64.3 cm³/mol. The van der Waals surface area contributed by atoms with E-state index >= 15 is 0 Å². The Kier molecular flexibility index (Phi) is 4.16. The van der Waals surface area contributed by atoms with Crippen LogP contribution in [0.5, 0.6) is 0 Å². The van der Waals surface area contributed by atoms with Crippen LogP contribution in [-0.2, 0) is 0 Å². The van der Waals surface area contributed by atoms with Crippen LogP contribution in [0.3, 0.4) is 0 Å². The fourth-order valence-electron chi connectivity index (χ4n) is 2.66. The van der Waals surface area contributed by atoms with E-state index in [0.29, 0.717) is 5.92 Å². The molecule has 1 fully saturated rings. The highest BCUT2D eigenvalue weighted by Crippen LogP contribution is 2.34. The van der Waals surface area contributed by atoms with Crippen LogP contribution in [-0.4, -0.2) is 21.5 Å². The van der Waals surface area contributed by atoms with Crippen molar-refractivity contribution in [3.63, 3.8) is 0 Å². The standard InChI is InChI=1S/C12H19F2N3O/c13-12(14)11-10(15)7-17(16-11)9-3-1-8(2-4-9)5-6-18/h7-9,12,18H,1-6,15H2/t8-,9-. The van der Waals surface area contributed by atoms with E-state index in [0.717, 1.165) is 32.1 Å². The monoisotopic (exact) mass is 259 g/mol. The van der Waals surface area contributed by atoms with Crippen molar-refractivity contribution in [2.24, 2.45) is 5.92 Å². The van der Waals surface area contributed by atoms with Gasteiger partial charge in [0, 0.05) is 12.8 Å². The molecule has 2 rings (SSSR count). The molecule has 6 heteroatoms. The summed E-state index contributed by atoms with van der Waals surface area (Å²) in [5.41, 5.74) is 5.29. The molecule has 1 aliphatic rings. The molecule has 1 heterocycles. The maximum absolute atomic E-state index is 12.6. The van der Waals surface area contributed by atoms with Crippen LogP contribution in [0.25, 0.3) is 0 Å². The van der Waals surface area contributed by atoms with Crippen molar-refractivity contribution in [2.45, 2.75) is 44.6 Å². The summed E-state index contributed by atoms with van der Waals surface area (Å²) in [5, 5.41) is 12.8. The molecule has 18 heavy (non-hydrogen) atoms. The summed E-state index contributed by atoms with van der Waals surface area (Å²) < 4.78 is 26.8. The molecule has 4 nitrogen and oxygen atoms in total. The molecule has 0 unspecified atom stereocenters. The number of aromatic nitrogens is 2. The second kappa shape index (κ2) is 5.65. The van der Waals surface area contributed by atoms with E-state index in [1.807, 2.05) is 0 Å².